The van der Waals surface area contributed by atoms with Gasteiger partial charge in [0.25, 0.3) is 5.56 Å². The maximum Gasteiger partial charge on any atom is 0.323 e. The van der Waals surface area contributed by atoms with E-state index in [-0.39, 0.29) is 5.56 Å². The molecule has 0 amide bonds. The Balaban J connectivity index is 2.77. The van der Waals surface area contributed by atoms with Gasteiger partial charge < -0.3 is 5.11 Å². The molecular formula is C10H7BrN2O3. The zero-order valence-electron chi connectivity index (χ0n) is 7.98. The number of hydrogen-bond acceptors (Lipinski definition) is 3. The molecule has 0 radical (unpaired) electrons. The van der Waals surface area contributed by atoms with E-state index in [0.29, 0.717) is 16.5 Å². The van der Waals surface area contributed by atoms with Crippen molar-refractivity contribution in [2.24, 2.45) is 0 Å². The van der Waals surface area contributed by atoms with Gasteiger partial charge in [-0.1, -0.05) is 34.1 Å². The monoisotopic (exact) mass is 282 g/mol. The molecule has 1 aromatic heterocycles. The minimum absolute atomic E-state index is 0.294. The standard InChI is InChI=1S/C10H7BrN2O3/c11-7(10(15)16)8-5-3-1-2-4-6(5)9(14)13-12-8/h1-4,7H,(H,13,14)(H,15,16). The van der Waals surface area contributed by atoms with Gasteiger partial charge in [0.1, 0.15) is 0 Å². The molecule has 16 heavy (non-hydrogen) atoms. The first-order valence-corrected chi connectivity index (χ1v) is 5.37. The van der Waals surface area contributed by atoms with Crippen LogP contribution >= 0.6 is 15.9 Å². The summed E-state index contributed by atoms with van der Waals surface area (Å²) in [5.74, 6) is -1.05. The lowest BCUT2D eigenvalue weighted by Crippen LogP contribution is -2.15. The van der Waals surface area contributed by atoms with Crippen molar-refractivity contribution < 1.29 is 9.90 Å². The lowest BCUT2D eigenvalue weighted by molar-refractivity contribution is -0.136. The van der Waals surface area contributed by atoms with Crippen LogP contribution in [-0.2, 0) is 4.79 Å². The lowest BCUT2D eigenvalue weighted by atomic mass is 10.1. The van der Waals surface area contributed by atoms with Crippen molar-refractivity contribution in [2.75, 3.05) is 0 Å². The van der Waals surface area contributed by atoms with Crippen LogP contribution in [0.2, 0.25) is 0 Å². The molecule has 1 heterocycles. The van der Waals surface area contributed by atoms with Gasteiger partial charge in [-0.3, -0.25) is 9.59 Å². The highest BCUT2D eigenvalue weighted by atomic mass is 79.9. The minimum Gasteiger partial charge on any atom is -0.480 e. The second kappa shape index (κ2) is 4.05. The number of aromatic nitrogens is 2. The zero-order chi connectivity index (χ0) is 11.7. The SMILES string of the molecule is O=C(O)C(Br)c1n[nH]c(=O)c2ccccc12. The van der Waals surface area contributed by atoms with Gasteiger partial charge >= 0.3 is 5.97 Å². The summed E-state index contributed by atoms with van der Waals surface area (Å²) in [6, 6.07) is 6.74. The lowest BCUT2D eigenvalue weighted by Gasteiger charge is -2.06. The first-order chi connectivity index (χ1) is 7.61. The van der Waals surface area contributed by atoms with Gasteiger partial charge in [-0.25, -0.2) is 5.10 Å². The molecule has 82 valence electrons. The molecule has 0 aliphatic heterocycles. The van der Waals surface area contributed by atoms with Crippen LogP contribution in [0.1, 0.15) is 10.5 Å². The Morgan fingerprint density at radius 2 is 2.00 bits per heavy atom. The third-order valence-electron chi connectivity index (χ3n) is 2.18. The number of aromatic amines is 1. The molecule has 2 N–H and O–H groups in total. The van der Waals surface area contributed by atoms with Gasteiger partial charge in [0.05, 0.1) is 11.1 Å². The summed E-state index contributed by atoms with van der Waals surface area (Å²) in [5.41, 5.74) is -0.0351. The number of hydrogen-bond donors (Lipinski definition) is 2. The molecule has 1 unspecified atom stereocenters. The van der Waals surface area contributed by atoms with Gasteiger partial charge in [0, 0.05) is 5.39 Å². The van der Waals surface area contributed by atoms with E-state index in [1.54, 1.807) is 24.3 Å². The molecule has 0 saturated heterocycles. The summed E-state index contributed by atoms with van der Waals surface area (Å²) in [7, 11) is 0. The number of halogens is 1. The van der Waals surface area contributed by atoms with E-state index in [9.17, 15) is 9.59 Å². The van der Waals surface area contributed by atoms with E-state index in [1.165, 1.54) is 0 Å². The van der Waals surface area contributed by atoms with Crippen molar-refractivity contribution in [1.29, 1.82) is 0 Å². The molecule has 5 nitrogen and oxygen atoms in total. The van der Waals surface area contributed by atoms with Crippen molar-refractivity contribution in [1.82, 2.24) is 10.2 Å². The fourth-order valence-electron chi connectivity index (χ4n) is 1.45. The summed E-state index contributed by atoms with van der Waals surface area (Å²) in [6.45, 7) is 0. The van der Waals surface area contributed by atoms with Crippen LogP contribution in [0.15, 0.2) is 29.1 Å². The molecule has 1 aromatic carbocycles. The number of benzene rings is 1. The van der Waals surface area contributed by atoms with Crippen molar-refractivity contribution in [3.05, 3.63) is 40.3 Å². The van der Waals surface area contributed by atoms with Gasteiger partial charge in [-0.05, 0) is 6.07 Å². The van der Waals surface area contributed by atoms with E-state index >= 15 is 0 Å². The van der Waals surface area contributed by atoms with E-state index in [4.69, 9.17) is 5.11 Å². The Labute approximate surface area is 98.2 Å². The largest absolute Gasteiger partial charge is 0.480 e. The fraction of sp³-hybridized carbons (Fsp3) is 0.100. The normalized spacial score (nSPS) is 12.6. The molecule has 2 aromatic rings. The van der Waals surface area contributed by atoms with Crippen molar-refractivity contribution in [3.63, 3.8) is 0 Å². The molecule has 0 fully saturated rings. The maximum atomic E-state index is 11.4. The van der Waals surface area contributed by atoms with Crippen LogP contribution in [0.3, 0.4) is 0 Å². The predicted octanol–water partition coefficient (Wildman–Crippen LogP) is 1.44. The van der Waals surface area contributed by atoms with E-state index in [1.807, 2.05) is 0 Å². The second-order valence-electron chi connectivity index (χ2n) is 3.18. The Bertz CT molecular complexity index is 608. The van der Waals surface area contributed by atoms with Gasteiger partial charge in [-0.15, -0.1) is 0 Å². The Morgan fingerprint density at radius 1 is 1.38 bits per heavy atom. The van der Waals surface area contributed by atoms with Crippen LogP contribution < -0.4 is 5.56 Å². The third kappa shape index (κ3) is 1.71. The molecule has 6 heteroatoms. The predicted molar refractivity (Wildman–Crippen MR) is 61.7 cm³/mol. The number of H-pyrrole nitrogens is 1. The second-order valence-corrected chi connectivity index (χ2v) is 4.10. The zero-order valence-corrected chi connectivity index (χ0v) is 9.56. The van der Waals surface area contributed by atoms with Crippen LogP contribution in [0.4, 0.5) is 0 Å². The van der Waals surface area contributed by atoms with E-state index < -0.39 is 10.8 Å². The topological polar surface area (TPSA) is 83.0 Å². The molecule has 0 aliphatic carbocycles. The first kappa shape index (κ1) is 10.8. The highest BCUT2D eigenvalue weighted by molar-refractivity contribution is 9.09. The minimum atomic E-state index is -1.05. The molecule has 1 atom stereocenters. The van der Waals surface area contributed by atoms with Gasteiger partial charge in [-0.2, -0.15) is 5.10 Å². The Hall–Kier alpha value is -1.69. The summed E-state index contributed by atoms with van der Waals surface area (Å²) < 4.78 is 0. The molecule has 0 aliphatic rings. The van der Waals surface area contributed by atoms with E-state index in [2.05, 4.69) is 26.1 Å². The van der Waals surface area contributed by atoms with Crippen LogP contribution in [-0.4, -0.2) is 21.3 Å². The number of nitrogens with zero attached hydrogens (tertiary/aromatic N) is 1. The van der Waals surface area contributed by atoms with E-state index in [0.717, 1.165) is 0 Å². The maximum absolute atomic E-state index is 11.4. The number of alkyl halides is 1. The third-order valence-corrected chi connectivity index (χ3v) is 3.01. The highest BCUT2D eigenvalue weighted by Gasteiger charge is 2.20. The number of aliphatic carboxylic acids is 1. The molecule has 0 saturated carbocycles. The summed E-state index contributed by atoms with van der Waals surface area (Å²) in [4.78, 5) is 21.4. The van der Waals surface area contributed by atoms with Crippen LogP contribution in [0, 0.1) is 0 Å². The summed E-state index contributed by atoms with van der Waals surface area (Å²) in [5, 5.41) is 15.9. The number of rotatable bonds is 2. The van der Waals surface area contributed by atoms with Crippen molar-refractivity contribution in [3.8, 4) is 0 Å². The van der Waals surface area contributed by atoms with Crippen LogP contribution in [0.5, 0.6) is 0 Å². The molecular weight excluding hydrogens is 276 g/mol. The number of carboxylic acids is 1. The average molecular weight is 283 g/mol. The van der Waals surface area contributed by atoms with Crippen LogP contribution in [0.25, 0.3) is 10.8 Å². The van der Waals surface area contributed by atoms with Crippen molar-refractivity contribution >= 4 is 32.7 Å². The molecule has 0 spiro atoms. The number of carbonyl (C=O) groups is 1. The number of nitrogens with one attached hydrogen (secondary N) is 1. The summed E-state index contributed by atoms with van der Waals surface area (Å²) in [6.07, 6.45) is 0. The quantitative estimate of drug-likeness (QED) is 0.817. The van der Waals surface area contributed by atoms with Gasteiger partial charge in [0.2, 0.25) is 0 Å². The number of fused-ring (bicyclic) bond motifs is 1. The fourth-order valence-corrected chi connectivity index (χ4v) is 1.80. The molecule has 2 rings (SSSR count). The first-order valence-electron chi connectivity index (χ1n) is 4.45. The Morgan fingerprint density at radius 3 is 2.62 bits per heavy atom. The average Bonchev–Trinajstić information content (AvgIpc) is 2.29. The Kier molecular flexibility index (Phi) is 2.74. The number of carboxylic acid groups (broad SMARTS) is 1. The van der Waals surface area contributed by atoms with Gasteiger partial charge in [0.15, 0.2) is 4.83 Å². The highest BCUT2D eigenvalue weighted by Crippen LogP contribution is 2.25. The van der Waals surface area contributed by atoms with Crippen molar-refractivity contribution in [2.45, 2.75) is 4.83 Å². The smallest absolute Gasteiger partial charge is 0.323 e. The molecule has 0 bridgehead atoms. The summed E-state index contributed by atoms with van der Waals surface area (Å²) >= 11 is 3.01.